The molecule has 0 saturated carbocycles. The highest BCUT2D eigenvalue weighted by Gasteiger charge is 2.10. The number of guanidine groups is 1. The minimum absolute atomic E-state index is 0. The third-order valence-electron chi connectivity index (χ3n) is 3.80. The number of ether oxygens (including phenoxy) is 2. The van der Waals surface area contributed by atoms with Crippen LogP contribution in [0.1, 0.15) is 22.4 Å². The molecule has 2 aromatic rings. The standard InChI is InChI=1S/C18H25BrN4O2S.HI/c1-5-13-11-22-17(26-13)6-7-21-18(20-2)23-10-12-8-15(24-3)16(25-4)9-14(12)19;/h8-9,11H,5-7,10H2,1-4H3,(H2,20,21,23);1H. The topological polar surface area (TPSA) is 67.8 Å². The minimum Gasteiger partial charge on any atom is -0.493 e. The Labute approximate surface area is 190 Å². The first kappa shape index (κ1) is 24.0. The van der Waals surface area contributed by atoms with Gasteiger partial charge in [-0.1, -0.05) is 22.9 Å². The van der Waals surface area contributed by atoms with Gasteiger partial charge in [0, 0.05) is 42.1 Å². The zero-order valence-corrected chi connectivity index (χ0v) is 20.7. The van der Waals surface area contributed by atoms with Crippen LogP contribution in [0.3, 0.4) is 0 Å². The summed E-state index contributed by atoms with van der Waals surface area (Å²) in [6.07, 6.45) is 3.88. The normalized spacial score (nSPS) is 10.9. The van der Waals surface area contributed by atoms with E-state index < -0.39 is 0 Å². The molecular formula is C18H26BrIN4O2S. The van der Waals surface area contributed by atoms with Crippen molar-refractivity contribution in [3.05, 3.63) is 38.3 Å². The van der Waals surface area contributed by atoms with Gasteiger partial charge in [-0.3, -0.25) is 4.99 Å². The monoisotopic (exact) mass is 568 g/mol. The van der Waals surface area contributed by atoms with Gasteiger partial charge >= 0.3 is 0 Å². The zero-order chi connectivity index (χ0) is 18.9. The summed E-state index contributed by atoms with van der Waals surface area (Å²) in [5.74, 6) is 2.14. The molecule has 0 spiro atoms. The molecule has 0 radical (unpaired) electrons. The third kappa shape index (κ3) is 7.11. The molecule has 1 aromatic carbocycles. The van der Waals surface area contributed by atoms with Crippen LogP contribution in [0.4, 0.5) is 0 Å². The first-order chi connectivity index (χ1) is 12.6. The SMILES string of the molecule is CCc1cnc(CCNC(=NC)NCc2cc(OC)c(OC)cc2Br)s1.I. The van der Waals surface area contributed by atoms with E-state index in [0.29, 0.717) is 18.0 Å². The van der Waals surface area contributed by atoms with Crippen molar-refractivity contribution in [2.45, 2.75) is 26.3 Å². The number of hydrogen-bond acceptors (Lipinski definition) is 5. The largest absolute Gasteiger partial charge is 0.493 e. The summed E-state index contributed by atoms with van der Waals surface area (Å²) in [6, 6.07) is 3.85. The Hall–Kier alpha value is -1.07. The van der Waals surface area contributed by atoms with Crippen molar-refractivity contribution in [3.63, 3.8) is 0 Å². The lowest BCUT2D eigenvalue weighted by Crippen LogP contribution is -2.37. The number of methoxy groups -OCH3 is 2. The summed E-state index contributed by atoms with van der Waals surface area (Å²) in [6.45, 7) is 3.54. The second-order valence-electron chi connectivity index (χ2n) is 5.48. The Morgan fingerprint density at radius 3 is 2.52 bits per heavy atom. The van der Waals surface area contributed by atoms with E-state index in [4.69, 9.17) is 9.47 Å². The van der Waals surface area contributed by atoms with Gasteiger partial charge in [-0.2, -0.15) is 0 Å². The zero-order valence-electron chi connectivity index (χ0n) is 16.0. The van der Waals surface area contributed by atoms with Crippen LogP contribution in [0.5, 0.6) is 11.5 Å². The first-order valence-corrected chi connectivity index (χ1v) is 10.0. The van der Waals surface area contributed by atoms with Gasteiger partial charge in [0.05, 0.1) is 19.2 Å². The van der Waals surface area contributed by atoms with Crippen LogP contribution < -0.4 is 20.1 Å². The number of benzene rings is 1. The number of hydrogen-bond donors (Lipinski definition) is 2. The van der Waals surface area contributed by atoms with Crippen molar-refractivity contribution >= 4 is 57.2 Å². The van der Waals surface area contributed by atoms with E-state index >= 15 is 0 Å². The fourth-order valence-electron chi connectivity index (χ4n) is 2.35. The van der Waals surface area contributed by atoms with E-state index in [1.807, 2.05) is 18.3 Å². The lowest BCUT2D eigenvalue weighted by Gasteiger charge is -2.14. The summed E-state index contributed by atoms with van der Waals surface area (Å²) in [5.41, 5.74) is 1.05. The van der Waals surface area contributed by atoms with Gasteiger partial charge in [-0.05, 0) is 24.1 Å². The van der Waals surface area contributed by atoms with E-state index in [1.54, 1.807) is 32.6 Å². The first-order valence-electron chi connectivity index (χ1n) is 8.39. The molecule has 9 heteroatoms. The second kappa shape index (κ2) is 12.4. The predicted molar refractivity (Wildman–Crippen MR) is 126 cm³/mol. The van der Waals surface area contributed by atoms with Crippen LogP contribution >= 0.6 is 51.2 Å². The van der Waals surface area contributed by atoms with Gasteiger partial charge < -0.3 is 20.1 Å². The maximum absolute atomic E-state index is 5.36. The Morgan fingerprint density at radius 1 is 1.22 bits per heavy atom. The van der Waals surface area contributed by atoms with Crippen LogP contribution in [0.25, 0.3) is 0 Å². The van der Waals surface area contributed by atoms with Crippen LogP contribution in [0.2, 0.25) is 0 Å². The molecule has 0 bridgehead atoms. The van der Waals surface area contributed by atoms with Crippen molar-refractivity contribution in [2.75, 3.05) is 27.8 Å². The second-order valence-corrected chi connectivity index (χ2v) is 7.53. The lowest BCUT2D eigenvalue weighted by molar-refractivity contribution is 0.354. The summed E-state index contributed by atoms with van der Waals surface area (Å²) in [4.78, 5) is 10.0. The fraction of sp³-hybridized carbons (Fsp3) is 0.444. The summed E-state index contributed by atoms with van der Waals surface area (Å²) in [7, 11) is 5.02. The van der Waals surface area contributed by atoms with Crippen LogP contribution in [-0.2, 0) is 19.4 Å². The molecule has 1 aromatic heterocycles. The Kier molecular flexibility index (Phi) is 11.0. The van der Waals surface area contributed by atoms with Crippen LogP contribution in [0.15, 0.2) is 27.8 Å². The molecule has 0 atom stereocenters. The molecule has 0 aliphatic carbocycles. The number of aryl methyl sites for hydroxylation is 1. The summed E-state index contributed by atoms with van der Waals surface area (Å²) >= 11 is 5.34. The Balaban J connectivity index is 0.00000364. The summed E-state index contributed by atoms with van der Waals surface area (Å²) < 4.78 is 11.6. The van der Waals surface area contributed by atoms with Gasteiger partial charge in [0.25, 0.3) is 0 Å². The van der Waals surface area contributed by atoms with Gasteiger partial charge in [-0.25, -0.2) is 4.98 Å². The number of aliphatic imine (C=N–C) groups is 1. The maximum atomic E-state index is 5.36. The molecular weight excluding hydrogens is 543 g/mol. The number of nitrogens with zero attached hydrogens (tertiary/aromatic N) is 2. The number of nitrogens with one attached hydrogen (secondary N) is 2. The molecule has 0 fully saturated rings. The minimum atomic E-state index is 0. The number of thiazole rings is 1. The molecule has 2 N–H and O–H groups in total. The third-order valence-corrected chi connectivity index (χ3v) is 5.74. The van der Waals surface area contributed by atoms with Crippen molar-refractivity contribution in [2.24, 2.45) is 4.99 Å². The molecule has 0 unspecified atom stereocenters. The molecule has 2 rings (SSSR count). The Bertz CT molecular complexity index is 755. The molecule has 1 heterocycles. The van der Waals surface area contributed by atoms with Crippen molar-refractivity contribution < 1.29 is 9.47 Å². The molecule has 6 nitrogen and oxygen atoms in total. The van der Waals surface area contributed by atoms with Gasteiger partial charge in [0.2, 0.25) is 0 Å². The van der Waals surface area contributed by atoms with Crippen molar-refractivity contribution in [3.8, 4) is 11.5 Å². The maximum Gasteiger partial charge on any atom is 0.191 e. The fourth-order valence-corrected chi connectivity index (χ4v) is 3.67. The molecule has 0 saturated heterocycles. The highest BCUT2D eigenvalue weighted by Crippen LogP contribution is 2.33. The van der Waals surface area contributed by atoms with Crippen molar-refractivity contribution in [1.29, 1.82) is 0 Å². The Morgan fingerprint density at radius 2 is 1.93 bits per heavy atom. The highest BCUT2D eigenvalue weighted by atomic mass is 127. The average Bonchev–Trinajstić information content (AvgIpc) is 3.12. The van der Waals surface area contributed by atoms with Crippen molar-refractivity contribution in [1.82, 2.24) is 15.6 Å². The van der Waals surface area contributed by atoms with Gasteiger partial charge in [0.1, 0.15) is 0 Å². The van der Waals surface area contributed by atoms with Gasteiger partial charge in [0.15, 0.2) is 17.5 Å². The average molecular weight is 569 g/mol. The van der Waals surface area contributed by atoms with E-state index in [-0.39, 0.29) is 24.0 Å². The lowest BCUT2D eigenvalue weighted by atomic mass is 10.2. The molecule has 150 valence electrons. The van der Waals surface area contributed by atoms with E-state index in [0.717, 1.165) is 40.4 Å². The smallest absolute Gasteiger partial charge is 0.191 e. The number of aromatic nitrogens is 1. The number of rotatable bonds is 8. The quantitative estimate of drug-likeness (QED) is 0.286. The molecule has 27 heavy (non-hydrogen) atoms. The highest BCUT2D eigenvalue weighted by molar-refractivity contribution is 14.0. The summed E-state index contributed by atoms with van der Waals surface area (Å²) in [5, 5.41) is 7.78. The van der Waals surface area contributed by atoms with Gasteiger partial charge in [-0.15, -0.1) is 35.3 Å². The number of halogens is 2. The van der Waals surface area contributed by atoms with E-state index in [9.17, 15) is 0 Å². The molecule has 0 aliphatic rings. The van der Waals surface area contributed by atoms with E-state index in [2.05, 4.69) is 43.5 Å². The predicted octanol–water partition coefficient (Wildman–Crippen LogP) is 4.01. The van der Waals surface area contributed by atoms with Crippen LogP contribution in [-0.4, -0.2) is 38.8 Å². The van der Waals surface area contributed by atoms with E-state index in [1.165, 1.54) is 4.88 Å². The molecule has 0 aliphatic heterocycles. The molecule has 0 amide bonds. The van der Waals surface area contributed by atoms with Crippen LogP contribution in [0, 0.1) is 0 Å².